The number of aromatic nitrogens is 2. The van der Waals surface area contributed by atoms with Gasteiger partial charge in [0.15, 0.2) is 0 Å². The molecule has 5 nitrogen and oxygen atoms in total. The van der Waals surface area contributed by atoms with E-state index in [1.54, 1.807) is 12.4 Å². The zero-order valence-electron chi connectivity index (χ0n) is 10.4. The molecule has 1 atom stereocenters. The van der Waals surface area contributed by atoms with E-state index in [1.807, 2.05) is 0 Å². The molecule has 3 rings (SSSR count). The highest BCUT2D eigenvalue weighted by atomic mass is 16.1. The Labute approximate surface area is 106 Å². The average Bonchev–Trinajstić information content (AvgIpc) is 3.25. The molecule has 1 aromatic rings. The van der Waals surface area contributed by atoms with Gasteiger partial charge in [-0.25, -0.2) is 9.97 Å². The van der Waals surface area contributed by atoms with Crippen molar-refractivity contribution in [2.75, 3.05) is 18.4 Å². The van der Waals surface area contributed by atoms with Gasteiger partial charge in [0.05, 0.1) is 24.0 Å². The number of piperidine rings is 1. The van der Waals surface area contributed by atoms with E-state index in [9.17, 15) is 4.79 Å². The Balaban J connectivity index is 1.59. The summed E-state index contributed by atoms with van der Waals surface area (Å²) in [6.07, 6.45) is 7.84. The van der Waals surface area contributed by atoms with Crippen LogP contribution in [0.15, 0.2) is 12.4 Å². The molecule has 1 saturated heterocycles. The van der Waals surface area contributed by atoms with Gasteiger partial charge in [-0.15, -0.1) is 0 Å². The van der Waals surface area contributed by atoms with Crippen LogP contribution in [0.1, 0.15) is 37.4 Å². The molecular weight excluding hydrogens is 228 g/mol. The maximum absolute atomic E-state index is 12.0. The second kappa shape index (κ2) is 5.02. The van der Waals surface area contributed by atoms with Gasteiger partial charge in [-0.05, 0) is 32.2 Å². The maximum atomic E-state index is 12.0. The fourth-order valence-corrected chi connectivity index (χ4v) is 2.27. The molecule has 0 aromatic carbocycles. The predicted octanol–water partition coefficient (Wildman–Crippen LogP) is 1.29. The van der Waals surface area contributed by atoms with Crippen LogP contribution in [0.25, 0.3) is 0 Å². The van der Waals surface area contributed by atoms with E-state index >= 15 is 0 Å². The van der Waals surface area contributed by atoms with Crippen molar-refractivity contribution in [3.05, 3.63) is 18.2 Å². The number of hydrogen-bond donors (Lipinski definition) is 2. The van der Waals surface area contributed by atoms with Crippen LogP contribution in [-0.2, 0) is 4.79 Å². The Hall–Kier alpha value is -1.49. The fourth-order valence-electron chi connectivity index (χ4n) is 2.27. The molecule has 0 spiro atoms. The summed E-state index contributed by atoms with van der Waals surface area (Å²) in [4.78, 5) is 20.6. The molecule has 2 N–H and O–H groups in total. The quantitative estimate of drug-likeness (QED) is 0.843. The minimum Gasteiger partial charge on any atom is -0.323 e. The van der Waals surface area contributed by atoms with Gasteiger partial charge >= 0.3 is 0 Å². The summed E-state index contributed by atoms with van der Waals surface area (Å²) in [5.41, 5.74) is 0.704. The Bertz CT molecular complexity index is 421. The molecule has 0 bridgehead atoms. The average molecular weight is 246 g/mol. The zero-order valence-corrected chi connectivity index (χ0v) is 10.4. The van der Waals surface area contributed by atoms with E-state index in [2.05, 4.69) is 20.6 Å². The van der Waals surface area contributed by atoms with Crippen LogP contribution in [-0.4, -0.2) is 29.0 Å². The number of hydrogen-bond acceptors (Lipinski definition) is 4. The third-order valence-electron chi connectivity index (χ3n) is 3.55. The lowest BCUT2D eigenvalue weighted by atomic mass is 9.99. The summed E-state index contributed by atoms with van der Waals surface area (Å²) in [6, 6.07) is 0. The zero-order chi connectivity index (χ0) is 12.4. The van der Waals surface area contributed by atoms with E-state index < -0.39 is 0 Å². The van der Waals surface area contributed by atoms with Crippen LogP contribution in [0.2, 0.25) is 0 Å². The monoisotopic (exact) mass is 246 g/mol. The van der Waals surface area contributed by atoms with Crippen molar-refractivity contribution in [3.63, 3.8) is 0 Å². The Morgan fingerprint density at radius 1 is 1.28 bits per heavy atom. The molecule has 1 saturated carbocycles. The third kappa shape index (κ3) is 2.67. The van der Waals surface area contributed by atoms with Crippen molar-refractivity contribution in [2.24, 2.45) is 5.92 Å². The number of anilines is 1. The summed E-state index contributed by atoms with van der Waals surface area (Å²) < 4.78 is 0. The first-order valence-electron chi connectivity index (χ1n) is 6.66. The molecule has 1 aliphatic carbocycles. The first-order valence-corrected chi connectivity index (χ1v) is 6.66. The number of nitrogens with zero attached hydrogens (tertiary/aromatic N) is 2. The van der Waals surface area contributed by atoms with Gasteiger partial charge in [0.1, 0.15) is 5.82 Å². The molecule has 0 radical (unpaired) electrons. The highest BCUT2D eigenvalue weighted by Gasteiger charge is 2.26. The minimum absolute atomic E-state index is 0.0712. The van der Waals surface area contributed by atoms with Gasteiger partial charge < -0.3 is 10.6 Å². The van der Waals surface area contributed by atoms with Crippen LogP contribution in [0.3, 0.4) is 0 Å². The van der Waals surface area contributed by atoms with Gasteiger partial charge in [-0.3, -0.25) is 4.79 Å². The Morgan fingerprint density at radius 2 is 2.06 bits per heavy atom. The molecule has 1 amide bonds. The lowest BCUT2D eigenvalue weighted by molar-refractivity contribution is -0.120. The Morgan fingerprint density at radius 3 is 2.67 bits per heavy atom. The number of carbonyl (C=O) groups excluding carboxylic acids is 1. The molecule has 5 heteroatoms. The van der Waals surface area contributed by atoms with Crippen LogP contribution in [0, 0.1) is 5.92 Å². The lowest BCUT2D eigenvalue weighted by Gasteiger charge is -2.21. The second-order valence-electron chi connectivity index (χ2n) is 5.14. The summed E-state index contributed by atoms with van der Waals surface area (Å²) in [5.74, 6) is 1.61. The molecule has 2 aliphatic rings. The van der Waals surface area contributed by atoms with Crippen LogP contribution >= 0.6 is 0 Å². The smallest absolute Gasteiger partial charge is 0.228 e. The highest BCUT2D eigenvalue weighted by Crippen LogP contribution is 2.37. The van der Waals surface area contributed by atoms with Crippen molar-refractivity contribution in [3.8, 4) is 0 Å². The van der Waals surface area contributed by atoms with Gasteiger partial charge in [-0.1, -0.05) is 0 Å². The number of carbonyl (C=O) groups is 1. The van der Waals surface area contributed by atoms with E-state index in [0.29, 0.717) is 11.6 Å². The molecule has 18 heavy (non-hydrogen) atoms. The number of amides is 1. The molecule has 1 aromatic heterocycles. The summed E-state index contributed by atoms with van der Waals surface area (Å²) >= 11 is 0. The van der Waals surface area contributed by atoms with Crippen molar-refractivity contribution in [1.82, 2.24) is 15.3 Å². The van der Waals surface area contributed by atoms with Crippen molar-refractivity contribution < 1.29 is 4.79 Å². The first-order chi connectivity index (χ1) is 8.83. The van der Waals surface area contributed by atoms with E-state index in [0.717, 1.165) is 31.8 Å². The first kappa shape index (κ1) is 11.6. The largest absolute Gasteiger partial charge is 0.323 e. The number of rotatable bonds is 3. The van der Waals surface area contributed by atoms with Gasteiger partial charge in [0.2, 0.25) is 5.91 Å². The van der Waals surface area contributed by atoms with Crippen molar-refractivity contribution >= 4 is 11.6 Å². The lowest BCUT2D eigenvalue weighted by Crippen LogP contribution is -2.37. The van der Waals surface area contributed by atoms with E-state index in [-0.39, 0.29) is 11.8 Å². The Kier molecular flexibility index (Phi) is 3.23. The number of nitrogens with one attached hydrogen (secondary N) is 2. The summed E-state index contributed by atoms with van der Waals surface area (Å²) in [6.45, 7) is 1.79. The summed E-state index contributed by atoms with van der Waals surface area (Å²) in [7, 11) is 0. The van der Waals surface area contributed by atoms with Gasteiger partial charge in [-0.2, -0.15) is 0 Å². The third-order valence-corrected chi connectivity index (χ3v) is 3.55. The minimum atomic E-state index is 0.0712. The molecule has 2 fully saturated rings. The van der Waals surface area contributed by atoms with Crippen LogP contribution in [0.4, 0.5) is 5.69 Å². The maximum Gasteiger partial charge on any atom is 0.228 e. The topological polar surface area (TPSA) is 66.9 Å². The van der Waals surface area contributed by atoms with Crippen molar-refractivity contribution in [2.45, 2.75) is 31.6 Å². The van der Waals surface area contributed by atoms with Crippen LogP contribution < -0.4 is 10.6 Å². The molecule has 2 heterocycles. The van der Waals surface area contributed by atoms with Gasteiger partial charge in [0.25, 0.3) is 0 Å². The summed E-state index contributed by atoms with van der Waals surface area (Å²) in [5, 5.41) is 6.14. The second-order valence-corrected chi connectivity index (χ2v) is 5.14. The van der Waals surface area contributed by atoms with Crippen molar-refractivity contribution in [1.29, 1.82) is 0 Å². The van der Waals surface area contributed by atoms with Gasteiger partial charge in [0, 0.05) is 12.5 Å². The molecular formula is C13H18N4O. The standard InChI is InChI=1S/C13H18N4O/c18-13(10-2-1-5-14-6-10)17-11-7-15-12(16-8-11)9-3-4-9/h7-10,14H,1-6H2,(H,17,18)/t10-/m1/s1. The van der Waals surface area contributed by atoms with E-state index in [4.69, 9.17) is 0 Å². The predicted molar refractivity (Wildman–Crippen MR) is 68.2 cm³/mol. The molecule has 96 valence electrons. The normalized spacial score (nSPS) is 23.7. The van der Waals surface area contributed by atoms with E-state index in [1.165, 1.54) is 12.8 Å². The molecule has 0 unspecified atom stereocenters. The highest BCUT2D eigenvalue weighted by molar-refractivity contribution is 5.92. The van der Waals surface area contributed by atoms with Crippen LogP contribution in [0.5, 0.6) is 0 Å². The SMILES string of the molecule is O=C(Nc1cnc(C2CC2)nc1)[C@@H]1CCCNC1. The fraction of sp³-hybridized carbons (Fsp3) is 0.615. The molecule has 1 aliphatic heterocycles.